The van der Waals surface area contributed by atoms with E-state index in [1.165, 1.54) is 11.3 Å². The van der Waals surface area contributed by atoms with Crippen LogP contribution in [-0.2, 0) is 16.7 Å². The molecule has 9 heteroatoms. The molecule has 1 aromatic heterocycles. The van der Waals surface area contributed by atoms with Gasteiger partial charge < -0.3 is 24.4 Å². The van der Waals surface area contributed by atoms with E-state index >= 15 is 0 Å². The van der Waals surface area contributed by atoms with Crippen molar-refractivity contribution in [1.29, 1.82) is 5.26 Å². The first-order valence-corrected chi connectivity index (χ1v) is 16.4. The molecule has 3 heterocycles. The highest BCUT2D eigenvalue weighted by Gasteiger charge is 2.53. The van der Waals surface area contributed by atoms with Crippen LogP contribution in [0.1, 0.15) is 49.1 Å². The average Bonchev–Trinajstić information content (AvgIpc) is 3.66. The summed E-state index contributed by atoms with van der Waals surface area (Å²) >= 11 is 6.69. The van der Waals surface area contributed by atoms with Crippen LogP contribution in [0.15, 0.2) is 60.9 Å². The Kier molecular flexibility index (Phi) is 9.16. The second-order valence-electron chi connectivity index (χ2n) is 12.9. The SMILES string of the molecule is CNC(=O)O[C@H]1CCC[C@@H]1C(Cn1ccnc1C)(c1cccc(Cl)c1)C1CCN(CC2CN(c3ccc(C#N)cc3)C2)CC1. The average molecular weight is 615 g/mol. The molecule has 1 N–H and O–H groups in total. The van der Waals surface area contributed by atoms with Crippen molar-refractivity contribution in [2.45, 2.75) is 57.1 Å². The number of rotatable bonds is 9. The lowest BCUT2D eigenvalue weighted by Crippen LogP contribution is -2.55. The van der Waals surface area contributed by atoms with Crippen molar-refractivity contribution in [3.63, 3.8) is 0 Å². The summed E-state index contributed by atoms with van der Waals surface area (Å²) in [5, 5.41) is 12.5. The maximum atomic E-state index is 12.5. The molecule has 1 saturated carbocycles. The number of piperidine rings is 1. The van der Waals surface area contributed by atoms with E-state index in [2.05, 4.69) is 74.2 Å². The molecule has 8 nitrogen and oxygen atoms in total. The van der Waals surface area contributed by atoms with E-state index in [1.54, 1.807) is 7.05 Å². The monoisotopic (exact) mass is 614 g/mol. The largest absolute Gasteiger partial charge is 0.446 e. The van der Waals surface area contributed by atoms with E-state index in [0.717, 1.165) is 82.2 Å². The molecule has 0 spiro atoms. The number of ether oxygens (including phenoxy) is 1. The van der Waals surface area contributed by atoms with Crippen molar-refractivity contribution >= 4 is 23.4 Å². The third-order valence-electron chi connectivity index (χ3n) is 10.4. The minimum atomic E-state index is -0.355. The Morgan fingerprint density at radius 1 is 1.14 bits per heavy atom. The number of nitrogens with zero attached hydrogens (tertiary/aromatic N) is 5. The Balaban J connectivity index is 1.22. The summed E-state index contributed by atoms with van der Waals surface area (Å²) in [6.07, 6.45) is 8.54. The fraction of sp³-hybridized carbons (Fsp3) is 0.514. The number of likely N-dealkylation sites (tertiary alicyclic amines) is 1. The Hall–Kier alpha value is -3.54. The van der Waals surface area contributed by atoms with Crippen molar-refractivity contribution in [3.8, 4) is 6.07 Å². The van der Waals surface area contributed by atoms with Crippen LogP contribution in [0.2, 0.25) is 5.02 Å². The zero-order valence-electron chi connectivity index (χ0n) is 25.8. The molecule has 2 saturated heterocycles. The van der Waals surface area contributed by atoms with Gasteiger partial charge in [-0.15, -0.1) is 0 Å². The van der Waals surface area contributed by atoms with Gasteiger partial charge in [0.05, 0.1) is 11.6 Å². The zero-order valence-corrected chi connectivity index (χ0v) is 26.5. The smallest absolute Gasteiger partial charge is 0.407 e. The van der Waals surface area contributed by atoms with E-state index in [-0.39, 0.29) is 23.5 Å². The van der Waals surface area contributed by atoms with Crippen LogP contribution in [0.4, 0.5) is 10.5 Å². The summed E-state index contributed by atoms with van der Waals surface area (Å²) in [7, 11) is 1.63. The molecule has 3 aromatic rings. The molecule has 2 aliphatic heterocycles. The first-order chi connectivity index (χ1) is 21.4. The number of carbonyl (C=O) groups excluding carboxylic acids is 1. The number of aryl methyl sites for hydroxylation is 1. The van der Waals surface area contributed by atoms with Gasteiger partial charge >= 0.3 is 6.09 Å². The van der Waals surface area contributed by atoms with E-state index in [1.807, 2.05) is 24.4 Å². The molecule has 1 amide bonds. The third-order valence-corrected chi connectivity index (χ3v) is 10.7. The second kappa shape index (κ2) is 13.2. The summed E-state index contributed by atoms with van der Waals surface area (Å²) in [5.41, 5.74) is 2.88. The second-order valence-corrected chi connectivity index (χ2v) is 13.3. The van der Waals surface area contributed by atoms with Gasteiger partial charge in [-0.3, -0.25) is 0 Å². The molecular weight excluding hydrogens is 572 g/mol. The molecule has 3 fully saturated rings. The predicted octanol–water partition coefficient (Wildman–Crippen LogP) is 6.03. The van der Waals surface area contributed by atoms with Crippen LogP contribution in [-0.4, -0.2) is 66.4 Å². The molecule has 1 unspecified atom stereocenters. The van der Waals surface area contributed by atoms with Crippen molar-refractivity contribution in [2.75, 3.05) is 44.7 Å². The number of amides is 1. The fourth-order valence-corrected chi connectivity index (χ4v) is 8.40. The minimum absolute atomic E-state index is 0.154. The summed E-state index contributed by atoms with van der Waals surface area (Å²) in [4.78, 5) is 22.1. The van der Waals surface area contributed by atoms with Gasteiger partial charge in [0.15, 0.2) is 0 Å². The lowest BCUT2D eigenvalue weighted by Gasteiger charge is -2.51. The number of anilines is 1. The van der Waals surface area contributed by atoms with Gasteiger partial charge in [-0.2, -0.15) is 5.26 Å². The summed E-state index contributed by atoms with van der Waals surface area (Å²) in [6, 6.07) is 18.5. The number of imidazole rings is 1. The molecule has 2 aromatic carbocycles. The summed E-state index contributed by atoms with van der Waals surface area (Å²) in [5.74, 6) is 2.21. The quantitative estimate of drug-likeness (QED) is 0.317. The molecule has 0 bridgehead atoms. The summed E-state index contributed by atoms with van der Waals surface area (Å²) < 4.78 is 8.37. The van der Waals surface area contributed by atoms with Crippen LogP contribution in [0.25, 0.3) is 0 Å². The van der Waals surface area contributed by atoms with E-state index in [4.69, 9.17) is 21.6 Å². The van der Waals surface area contributed by atoms with Crippen LogP contribution >= 0.6 is 11.6 Å². The van der Waals surface area contributed by atoms with Crippen LogP contribution < -0.4 is 10.2 Å². The van der Waals surface area contributed by atoms with Crippen molar-refractivity contribution in [3.05, 3.63) is 82.9 Å². The van der Waals surface area contributed by atoms with Gasteiger partial charge in [-0.05, 0) is 100.0 Å². The predicted molar refractivity (Wildman–Crippen MR) is 173 cm³/mol. The Bertz CT molecular complexity index is 1470. The zero-order chi connectivity index (χ0) is 30.7. The molecule has 0 radical (unpaired) electrons. The molecule has 232 valence electrons. The highest BCUT2D eigenvalue weighted by molar-refractivity contribution is 6.30. The van der Waals surface area contributed by atoms with Gasteiger partial charge in [-0.25, -0.2) is 9.78 Å². The van der Waals surface area contributed by atoms with Gasteiger partial charge in [0.25, 0.3) is 0 Å². The number of hydrogen-bond donors (Lipinski definition) is 1. The number of hydrogen-bond acceptors (Lipinski definition) is 6. The Morgan fingerprint density at radius 2 is 1.91 bits per heavy atom. The first kappa shape index (κ1) is 30.5. The standard InChI is InChI=1S/C35H43ClN6O2/c1-25-39-15-18-41(25)24-35(29-5-3-6-30(36)19-29,32-7-4-8-33(32)44-34(43)38-2)28-13-16-40(17-14-28)21-27-22-42(23-27)31-11-9-26(20-37)10-12-31/h3,5-6,9-12,15,18-19,27-28,32-33H,4,7-8,13-14,16-17,21-24H2,1-2H3,(H,38,43)/t32-,33-,35?/m0/s1. The maximum absolute atomic E-state index is 12.5. The molecule has 6 rings (SSSR count). The van der Waals surface area contributed by atoms with Crippen molar-refractivity contribution < 1.29 is 9.53 Å². The molecular formula is C35H43ClN6O2. The number of alkyl carbamates (subject to hydrolysis) is 1. The van der Waals surface area contributed by atoms with Gasteiger partial charge in [0, 0.05) is 73.6 Å². The molecule has 44 heavy (non-hydrogen) atoms. The Morgan fingerprint density at radius 3 is 2.57 bits per heavy atom. The number of benzene rings is 2. The van der Waals surface area contributed by atoms with Gasteiger partial charge in [0.1, 0.15) is 11.9 Å². The van der Waals surface area contributed by atoms with Crippen molar-refractivity contribution in [2.24, 2.45) is 17.8 Å². The number of carbonyl (C=O) groups is 1. The van der Waals surface area contributed by atoms with Gasteiger partial charge in [-0.1, -0.05) is 23.7 Å². The van der Waals surface area contributed by atoms with Crippen molar-refractivity contribution in [1.82, 2.24) is 19.8 Å². The number of aromatic nitrogens is 2. The van der Waals surface area contributed by atoms with Crippen LogP contribution in [0, 0.1) is 36.0 Å². The molecule has 1 aliphatic carbocycles. The number of halogens is 1. The van der Waals surface area contributed by atoms with E-state index in [0.29, 0.717) is 17.4 Å². The normalized spacial score (nSPS) is 22.6. The lowest BCUT2D eigenvalue weighted by molar-refractivity contribution is 0.00180. The number of nitriles is 1. The maximum Gasteiger partial charge on any atom is 0.407 e. The minimum Gasteiger partial charge on any atom is -0.446 e. The highest BCUT2D eigenvalue weighted by Crippen LogP contribution is 2.52. The van der Waals surface area contributed by atoms with E-state index < -0.39 is 0 Å². The first-order valence-electron chi connectivity index (χ1n) is 16.0. The number of nitrogens with one attached hydrogen (secondary N) is 1. The fourth-order valence-electron chi connectivity index (χ4n) is 8.21. The third kappa shape index (κ3) is 6.18. The van der Waals surface area contributed by atoms with Gasteiger partial charge in [0.2, 0.25) is 0 Å². The van der Waals surface area contributed by atoms with Crippen LogP contribution in [0.3, 0.4) is 0 Å². The molecule has 3 aliphatic rings. The lowest BCUT2D eigenvalue weighted by atomic mass is 9.58. The molecule has 3 atom stereocenters. The topological polar surface area (TPSA) is 86.4 Å². The van der Waals surface area contributed by atoms with E-state index in [9.17, 15) is 4.79 Å². The summed E-state index contributed by atoms with van der Waals surface area (Å²) in [6.45, 7) is 8.17. The van der Waals surface area contributed by atoms with Crippen LogP contribution in [0.5, 0.6) is 0 Å². The highest BCUT2D eigenvalue weighted by atomic mass is 35.5. The Labute approximate surface area is 266 Å².